The number of nitrogens with zero attached hydrogens (tertiary/aromatic N) is 2. The predicted octanol–water partition coefficient (Wildman–Crippen LogP) is 6.52. The molecule has 0 bridgehead atoms. The standard InChI is InChI=1S/C19H18N2O.BBr3/c1-15-14-18(9-8-16-6-4-3-5-7-16)21(20-15)17-10-12-19(22-2)13-11-17;2-1(3)4/h3-14H,1-2H3;/b9-8+;. The fourth-order valence-electron chi connectivity index (χ4n) is 2.31. The number of hydrogen-bond donors (Lipinski definition) is 0. The Morgan fingerprint density at radius 1 is 0.962 bits per heavy atom. The van der Waals surface area contributed by atoms with Crippen molar-refractivity contribution in [1.82, 2.24) is 9.78 Å². The summed E-state index contributed by atoms with van der Waals surface area (Å²) >= 11 is 9.31. The van der Waals surface area contributed by atoms with E-state index < -0.39 is 0 Å². The molecule has 134 valence electrons. The van der Waals surface area contributed by atoms with Crippen molar-refractivity contribution in [2.75, 3.05) is 7.11 Å². The number of benzene rings is 2. The maximum atomic E-state index is 5.20. The van der Waals surface area contributed by atoms with Gasteiger partial charge in [-0.25, -0.2) is 4.68 Å². The first-order valence-corrected chi connectivity index (χ1v) is 10.6. The molecule has 0 amide bonds. The van der Waals surface area contributed by atoms with E-state index in [4.69, 9.17) is 4.74 Å². The third kappa shape index (κ3) is 6.78. The van der Waals surface area contributed by atoms with Crippen LogP contribution >= 0.6 is 47.3 Å². The summed E-state index contributed by atoms with van der Waals surface area (Å²) in [7, 11) is 1.67. The first-order chi connectivity index (χ1) is 12.5. The van der Waals surface area contributed by atoms with Crippen LogP contribution in [0.1, 0.15) is 17.0 Å². The summed E-state index contributed by atoms with van der Waals surface area (Å²) in [6.45, 7) is 2.00. The SMILES string of the molecule is BrB(Br)Br.COc1ccc(-n2nc(C)cc2/C=C/c2ccccc2)cc1. The summed E-state index contributed by atoms with van der Waals surface area (Å²) in [6.07, 6.45) is 4.18. The molecule has 1 heterocycles. The van der Waals surface area contributed by atoms with Gasteiger partial charge in [0.05, 0.1) is 24.2 Å². The number of methoxy groups -OCH3 is 1. The zero-order valence-electron chi connectivity index (χ0n) is 14.4. The number of aryl methyl sites for hydroxylation is 1. The normalized spacial score (nSPS) is 10.3. The Balaban J connectivity index is 0.000000552. The minimum atomic E-state index is 0.271. The van der Waals surface area contributed by atoms with Crippen LogP contribution in [0.5, 0.6) is 5.75 Å². The Kier molecular flexibility index (Phi) is 8.68. The van der Waals surface area contributed by atoms with Gasteiger partial charge in [0, 0.05) is 0 Å². The third-order valence-corrected chi connectivity index (χ3v) is 3.42. The lowest BCUT2D eigenvalue weighted by Crippen LogP contribution is -1.99. The zero-order valence-corrected chi connectivity index (χ0v) is 19.2. The highest BCUT2D eigenvalue weighted by Crippen LogP contribution is 2.18. The van der Waals surface area contributed by atoms with E-state index in [1.54, 1.807) is 7.11 Å². The van der Waals surface area contributed by atoms with Gasteiger partial charge in [-0.1, -0.05) is 36.4 Å². The summed E-state index contributed by atoms with van der Waals surface area (Å²) < 4.78 is 7.41. The van der Waals surface area contributed by atoms with Crippen LogP contribution in [0.25, 0.3) is 17.8 Å². The lowest BCUT2D eigenvalue weighted by Gasteiger charge is -2.06. The molecule has 26 heavy (non-hydrogen) atoms. The molecule has 0 aliphatic heterocycles. The van der Waals surface area contributed by atoms with E-state index in [-0.39, 0.29) is 3.18 Å². The fourth-order valence-corrected chi connectivity index (χ4v) is 2.31. The topological polar surface area (TPSA) is 27.1 Å². The summed E-state index contributed by atoms with van der Waals surface area (Å²) in [5, 5.41) is 4.57. The molecule has 7 heteroatoms. The Labute approximate surface area is 179 Å². The predicted molar refractivity (Wildman–Crippen MR) is 123 cm³/mol. The van der Waals surface area contributed by atoms with Crippen molar-refractivity contribution in [3.8, 4) is 11.4 Å². The highest BCUT2D eigenvalue weighted by atomic mass is 79.9. The number of hydrogen-bond acceptors (Lipinski definition) is 2. The highest BCUT2D eigenvalue weighted by molar-refractivity contribution is 9.69. The molecule has 0 N–H and O–H groups in total. The first-order valence-electron chi connectivity index (χ1n) is 7.86. The van der Waals surface area contributed by atoms with Crippen molar-refractivity contribution in [2.24, 2.45) is 0 Å². The molecule has 0 spiro atoms. The fraction of sp³-hybridized carbons (Fsp3) is 0.105. The van der Waals surface area contributed by atoms with Gasteiger partial charge < -0.3 is 4.74 Å². The van der Waals surface area contributed by atoms with E-state index in [2.05, 4.69) is 82.7 Å². The van der Waals surface area contributed by atoms with Crippen LogP contribution in [-0.4, -0.2) is 20.1 Å². The van der Waals surface area contributed by atoms with E-state index in [0.717, 1.165) is 22.8 Å². The second-order valence-electron chi connectivity index (χ2n) is 5.31. The second-order valence-corrected chi connectivity index (χ2v) is 11.7. The highest BCUT2D eigenvalue weighted by Gasteiger charge is 2.05. The molecule has 0 fully saturated rings. The Hall–Kier alpha value is -1.31. The van der Waals surface area contributed by atoms with E-state index in [1.165, 1.54) is 5.56 Å². The molecule has 0 saturated heterocycles. The van der Waals surface area contributed by atoms with Gasteiger partial charge in [0.15, 0.2) is 0 Å². The Morgan fingerprint density at radius 3 is 2.15 bits per heavy atom. The third-order valence-electron chi connectivity index (χ3n) is 3.42. The van der Waals surface area contributed by atoms with E-state index in [9.17, 15) is 0 Å². The molecule has 1 aromatic heterocycles. The quantitative estimate of drug-likeness (QED) is 0.353. The van der Waals surface area contributed by atoms with Gasteiger partial charge in [-0.2, -0.15) is 5.10 Å². The Morgan fingerprint density at radius 2 is 1.58 bits per heavy atom. The largest absolute Gasteiger partial charge is 0.497 e. The van der Waals surface area contributed by atoms with E-state index in [1.807, 2.05) is 54.1 Å². The zero-order chi connectivity index (χ0) is 18.9. The van der Waals surface area contributed by atoms with Gasteiger partial charge >= 0.3 is 3.18 Å². The van der Waals surface area contributed by atoms with Gasteiger partial charge in [-0.3, -0.25) is 0 Å². The lowest BCUT2D eigenvalue weighted by atomic mass is 10.2. The average Bonchev–Trinajstić information content (AvgIpc) is 3.01. The molecule has 0 saturated carbocycles. The second kappa shape index (κ2) is 10.7. The smallest absolute Gasteiger partial charge is 0.369 e. The first kappa shape index (κ1) is 21.0. The van der Waals surface area contributed by atoms with Gasteiger partial charge in [0.1, 0.15) is 5.75 Å². The molecule has 0 radical (unpaired) electrons. The maximum Gasteiger partial charge on any atom is 0.369 e. The van der Waals surface area contributed by atoms with Crippen LogP contribution < -0.4 is 4.74 Å². The van der Waals surface area contributed by atoms with Crippen LogP contribution in [0.2, 0.25) is 0 Å². The number of halogens is 3. The molecule has 0 atom stereocenters. The van der Waals surface area contributed by atoms with Crippen LogP contribution in [0.15, 0.2) is 60.7 Å². The molecule has 0 aliphatic carbocycles. The molecule has 0 aliphatic rings. The summed E-state index contributed by atoms with van der Waals surface area (Å²) in [6, 6.07) is 20.2. The van der Waals surface area contributed by atoms with Gasteiger partial charge in [0.2, 0.25) is 0 Å². The van der Waals surface area contributed by atoms with Gasteiger partial charge in [0.25, 0.3) is 0 Å². The Bertz CT molecular complexity index is 831. The number of ether oxygens (including phenoxy) is 1. The summed E-state index contributed by atoms with van der Waals surface area (Å²) in [4.78, 5) is 0. The minimum absolute atomic E-state index is 0.271. The monoisotopic (exact) mass is 538 g/mol. The van der Waals surface area contributed by atoms with Crippen LogP contribution in [0, 0.1) is 6.92 Å². The van der Waals surface area contributed by atoms with Crippen LogP contribution in [0.3, 0.4) is 0 Å². The molecule has 3 nitrogen and oxygen atoms in total. The van der Waals surface area contributed by atoms with Crippen molar-refractivity contribution in [3.05, 3.63) is 77.6 Å². The molecular formula is C19H18BBr3N2O. The van der Waals surface area contributed by atoms with Crippen molar-refractivity contribution in [2.45, 2.75) is 6.92 Å². The lowest BCUT2D eigenvalue weighted by molar-refractivity contribution is 0.414. The van der Waals surface area contributed by atoms with Crippen LogP contribution in [0.4, 0.5) is 0 Å². The van der Waals surface area contributed by atoms with E-state index in [0.29, 0.717) is 0 Å². The minimum Gasteiger partial charge on any atom is -0.497 e. The maximum absolute atomic E-state index is 5.20. The summed E-state index contributed by atoms with van der Waals surface area (Å²) in [5.74, 6) is 0.842. The van der Waals surface area contributed by atoms with Crippen molar-refractivity contribution in [3.63, 3.8) is 0 Å². The molecule has 3 rings (SSSR count). The van der Waals surface area contributed by atoms with Gasteiger partial charge in [-0.15, -0.1) is 47.3 Å². The molecule has 2 aromatic carbocycles. The van der Waals surface area contributed by atoms with E-state index >= 15 is 0 Å². The number of aromatic nitrogens is 2. The summed E-state index contributed by atoms with van der Waals surface area (Å²) in [5.41, 5.74) is 4.22. The van der Waals surface area contributed by atoms with Gasteiger partial charge in [-0.05, 0) is 48.9 Å². The van der Waals surface area contributed by atoms with Crippen molar-refractivity contribution in [1.29, 1.82) is 0 Å². The number of rotatable bonds is 4. The molecular weight excluding hydrogens is 523 g/mol. The molecule has 0 unspecified atom stereocenters. The average molecular weight is 541 g/mol. The van der Waals surface area contributed by atoms with Crippen LogP contribution in [-0.2, 0) is 0 Å². The van der Waals surface area contributed by atoms with Crippen molar-refractivity contribution < 1.29 is 4.74 Å². The van der Waals surface area contributed by atoms with Crippen molar-refractivity contribution >= 4 is 62.6 Å². The molecule has 3 aromatic rings.